The number of nitrogens with two attached hydrogens (primary N) is 1. The molecule has 2 rings (SSSR count). The van der Waals surface area contributed by atoms with Crippen LogP contribution < -0.4 is 10.5 Å². The highest BCUT2D eigenvalue weighted by Gasteiger charge is 2.25. The van der Waals surface area contributed by atoms with Gasteiger partial charge in [0.1, 0.15) is 0 Å². The minimum atomic E-state index is -0.405. The highest BCUT2D eigenvalue weighted by atomic mass is 35.5. The largest absolute Gasteiger partial charge is 0.490 e. The average Bonchev–Trinajstić information content (AvgIpc) is 2.49. The smallest absolute Gasteiger partial charge is 0.226 e. The van der Waals surface area contributed by atoms with Gasteiger partial charge in [-0.1, -0.05) is 12.1 Å². The Morgan fingerprint density at radius 3 is 2.86 bits per heavy atom. The van der Waals surface area contributed by atoms with Gasteiger partial charge in [-0.05, 0) is 31.4 Å². The number of piperidine rings is 1. The molecule has 0 saturated carbocycles. The van der Waals surface area contributed by atoms with Crippen LogP contribution in [0.2, 0.25) is 0 Å². The lowest BCUT2D eigenvalue weighted by Gasteiger charge is -2.35. The van der Waals surface area contributed by atoms with Gasteiger partial charge in [-0.15, -0.1) is 12.4 Å². The number of carbonyl (C=O) groups is 1. The second kappa shape index (κ2) is 8.85. The SMILES string of the molecule is Cl.NCC1CCCCN1C(=O)CCOc1ccccc1F. The third-order valence-corrected chi connectivity index (χ3v) is 3.63. The Hall–Kier alpha value is -1.33. The molecule has 1 amide bonds. The van der Waals surface area contributed by atoms with Crippen LogP contribution >= 0.6 is 12.4 Å². The van der Waals surface area contributed by atoms with E-state index in [1.807, 2.05) is 4.90 Å². The summed E-state index contributed by atoms with van der Waals surface area (Å²) in [6.07, 6.45) is 3.37. The second-order valence-corrected chi connectivity index (χ2v) is 5.00. The van der Waals surface area contributed by atoms with Crippen LogP contribution in [0.15, 0.2) is 24.3 Å². The molecule has 1 atom stereocenters. The maximum atomic E-state index is 13.3. The summed E-state index contributed by atoms with van der Waals surface area (Å²) in [5.74, 6) is -0.177. The zero-order valence-electron chi connectivity index (χ0n) is 12.0. The number of amides is 1. The highest BCUT2D eigenvalue weighted by Crippen LogP contribution is 2.18. The van der Waals surface area contributed by atoms with E-state index in [1.165, 1.54) is 6.07 Å². The summed E-state index contributed by atoms with van der Waals surface area (Å²) < 4.78 is 18.7. The quantitative estimate of drug-likeness (QED) is 0.907. The van der Waals surface area contributed by atoms with Gasteiger partial charge >= 0.3 is 0 Å². The third-order valence-electron chi connectivity index (χ3n) is 3.63. The fourth-order valence-corrected chi connectivity index (χ4v) is 2.53. The molecule has 1 unspecified atom stereocenters. The van der Waals surface area contributed by atoms with E-state index in [2.05, 4.69) is 0 Å². The lowest BCUT2D eigenvalue weighted by molar-refractivity contribution is -0.135. The van der Waals surface area contributed by atoms with E-state index in [-0.39, 0.29) is 43.1 Å². The lowest BCUT2D eigenvalue weighted by Crippen LogP contribution is -2.47. The van der Waals surface area contributed by atoms with Gasteiger partial charge < -0.3 is 15.4 Å². The summed E-state index contributed by atoms with van der Waals surface area (Å²) in [7, 11) is 0. The van der Waals surface area contributed by atoms with Crippen LogP contribution in [0.1, 0.15) is 25.7 Å². The molecule has 21 heavy (non-hydrogen) atoms. The molecule has 1 aliphatic rings. The summed E-state index contributed by atoms with van der Waals surface area (Å²) in [4.78, 5) is 14.0. The molecule has 1 aromatic rings. The predicted octanol–water partition coefficient (Wildman–Crippen LogP) is 2.36. The van der Waals surface area contributed by atoms with Crippen molar-refractivity contribution in [2.75, 3.05) is 19.7 Å². The van der Waals surface area contributed by atoms with Crippen molar-refractivity contribution in [1.82, 2.24) is 4.90 Å². The molecule has 1 fully saturated rings. The van der Waals surface area contributed by atoms with Crippen molar-refractivity contribution in [1.29, 1.82) is 0 Å². The molecule has 0 bridgehead atoms. The van der Waals surface area contributed by atoms with Crippen LogP contribution in [0, 0.1) is 5.82 Å². The zero-order valence-corrected chi connectivity index (χ0v) is 12.8. The molecule has 1 heterocycles. The number of nitrogens with zero attached hydrogens (tertiary/aromatic N) is 1. The molecule has 0 radical (unpaired) electrons. The van der Waals surface area contributed by atoms with E-state index in [0.29, 0.717) is 6.54 Å². The van der Waals surface area contributed by atoms with Crippen molar-refractivity contribution < 1.29 is 13.9 Å². The Morgan fingerprint density at radius 2 is 2.14 bits per heavy atom. The zero-order chi connectivity index (χ0) is 14.4. The first-order valence-electron chi connectivity index (χ1n) is 7.09. The Bertz CT molecular complexity index is 459. The van der Waals surface area contributed by atoms with E-state index in [1.54, 1.807) is 18.2 Å². The van der Waals surface area contributed by atoms with Crippen molar-refractivity contribution in [2.24, 2.45) is 5.73 Å². The normalized spacial score (nSPS) is 18.0. The first-order valence-corrected chi connectivity index (χ1v) is 7.09. The summed E-state index contributed by atoms with van der Waals surface area (Å²) in [5, 5.41) is 0. The van der Waals surface area contributed by atoms with Crippen LogP contribution in [0.4, 0.5) is 4.39 Å². The van der Waals surface area contributed by atoms with Crippen molar-refractivity contribution in [2.45, 2.75) is 31.7 Å². The van der Waals surface area contributed by atoms with E-state index in [9.17, 15) is 9.18 Å². The third kappa shape index (κ3) is 4.86. The number of benzene rings is 1. The number of likely N-dealkylation sites (tertiary alicyclic amines) is 1. The average molecular weight is 317 g/mol. The summed E-state index contributed by atoms with van der Waals surface area (Å²) in [6.45, 7) is 1.45. The first-order chi connectivity index (χ1) is 9.72. The fraction of sp³-hybridized carbons (Fsp3) is 0.533. The van der Waals surface area contributed by atoms with Gasteiger partial charge in [-0.2, -0.15) is 0 Å². The van der Waals surface area contributed by atoms with Gasteiger partial charge in [0.2, 0.25) is 5.91 Å². The maximum Gasteiger partial charge on any atom is 0.226 e. The Labute approximate surface area is 130 Å². The highest BCUT2D eigenvalue weighted by molar-refractivity contribution is 5.85. The topological polar surface area (TPSA) is 55.6 Å². The van der Waals surface area contributed by atoms with E-state index < -0.39 is 5.82 Å². The number of hydrogen-bond donors (Lipinski definition) is 1. The van der Waals surface area contributed by atoms with E-state index in [4.69, 9.17) is 10.5 Å². The Kier molecular flexibility index (Phi) is 7.47. The van der Waals surface area contributed by atoms with E-state index >= 15 is 0 Å². The molecule has 4 nitrogen and oxygen atoms in total. The molecule has 0 aliphatic carbocycles. The van der Waals surface area contributed by atoms with Crippen molar-refractivity contribution in [3.05, 3.63) is 30.1 Å². The van der Waals surface area contributed by atoms with Gasteiger partial charge in [0.15, 0.2) is 11.6 Å². The molecule has 2 N–H and O–H groups in total. The molecule has 1 aromatic carbocycles. The molecule has 0 spiro atoms. The van der Waals surface area contributed by atoms with Crippen LogP contribution in [0.3, 0.4) is 0 Å². The van der Waals surface area contributed by atoms with Gasteiger partial charge in [0.25, 0.3) is 0 Å². The number of rotatable bonds is 5. The summed E-state index contributed by atoms with van der Waals surface area (Å²) in [6, 6.07) is 6.35. The monoisotopic (exact) mass is 316 g/mol. The summed E-state index contributed by atoms with van der Waals surface area (Å²) in [5.41, 5.74) is 5.70. The van der Waals surface area contributed by atoms with Crippen molar-refractivity contribution >= 4 is 18.3 Å². The minimum absolute atomic E-state index is 0. The standard InChI is InChI=1S/C15H21FN2O2.ClH/c16-13-6-1-2-7-14(13)20-10-8-15(19)18-9-4-3-5-12(18)11-17;/h1-2,6-7,12H,3-5,8-11,17H2;1H. The number of para-hydroxylation sites is 1. The number of carbonyl (C=O) groups excluding carboxylic acids is 1. The molecule has 6 heteroatoms. The van der Waals surface area contributed by atoms with Gasteiger partial charge in [-0.3, -0.25) is 4.79 Å². The van der Waals surface area contributed by atoms with Crippen molar-refractivity contribution in [3.63, 3.8) is 0 Å². The molecular weight excluding hydrogens is 295 g/mol. The maximum absolute atomic E-state index is 13.3. The van der Waals surface area contributed by atoms with Crippen LogP contribution in [0.25, 0.3) is 0 Å². The Morgan fingerprint density at radius 1 is 1.38 bits per heavy atom. The second-order valence-electron chi connectivity index (χ2n) is 5.00. The molecule has 1 saturated heterocycles. The molecular formula is C15H22ClFN2O2. The number of halogens is 2. The van der Waals surface area contributed by atoms with E-state index in [0.717, 1.165) is 25.8 Å². The fourth-order valence-electron chi connectivity index (χ4n) is 2.53. The van der Waals surface area contributed by atoms with Crippen LogP contribution in [0.5, 0.6) is 5.75 Å². The van der Waals surface area contributed by atoms with Crippen molar-refractivity contribution in [3.8, 4) is 5.75 Å². The van der Waals surface area contributed by atoms with Gasteiger partial charge in [-0.25, -0.2) is 4.39 Å². The van der Waals surface area contributed by atoms with Gasteiger partial charge in [0.05, 0.1) is 13.0 Å². The summed E-state index contributed by atoms with van der Waals surface area (Å²) >= 11 is 0. The number of ether oxygens (including phenoxy) is 1. The predicted molar refractivity (Wildman–Crippen MR) is 82.2 cm³/mol. The number of hydrogen-bond acceptors (Lipinski definition) is 3. The minimum Gasteiger partial charge on any atom is -0.490 e. The Balaban J connectivity index is 0.00000220. The van der Waals surface area contributed by atoms with Gasteiger partial charge in [0, 0.05) is 19.1 Å². The van der Waals surface area contributed by atoms with Crippen LogP contribution in [-0.4, -0.2) is 36.5 Å². The van der Waals surface area contributed by atoms with Crippen LogP contribution in [-0.2, 0) is 4.79 Å². The first kappa shape index (κ1) is 17.7. The molecule has 118 valence electrons. The lowest BCUT2D eigenvalue weighted by atomic mass is 10.0. The molecule has 0 aromatic heterocycles. The molecule has 1 aliphatic heterocycles.